The van der Waals surface area contributed by atoms with Crippen LogP contribution in [0.2, 0.25) is 0 Å². The Bertz CT molecular complexity index is 533. The second-order valence-corrected chi connectivity index (χ2v) is 5.67. The molecule has 0 radical (unpaired) electrons. The predicted octanol–water partition coefficient (Wildman–Crippen LogP) is 0.918. The minimum Gasteiger partial charge on any atom is -0.357 e. The summed E-state index contributed by atoms with van der Waals surface area (Å²) in [7, 11) is 1.58. The summed E-state index contributed by atoms with van der Waals surface area (Å²) < 4.78 is 0.761. The Kier molecular flexibility index (Phi) is 4.77. The van der Waals surface area contributed by atoms with Crippen LogP contribution < -0.4 is 10.6 Å². The largest absolute Gasteiger partial charge is 0.357 e. The minimum atomic E-state index is -0.463. The molecule has 0 aromatic heterocycles. The van der Waals surface area contributed by atoms with Crippen molar-refractivity contribution in [2.45, 2.75) is 13.0 Å². The smallest absolute Gasteiger partial charge is 0.255 e. The number of aryl methyl sites for hydroxylation is 1. The van der Waals surface area contributed by atoms with Gasteiger partial charge in [0.2, 0.25) is 5.91 Å². The first-order chi connectivity index (χ1) is 9.54. The lowest BCUT2D eigenvalue weighted by atomic mass is 10.1. The van der Waals surface area contributed by atoms with Crippen LogP contribution in [0.1, 0.15) is 15.9 Å². The molecular formula is C14H18BrN3O2. The van der Waals surface area contributed by atoms with Crippen molar-refractivity contribution in [3.05, 3.63) is 33.8 Å². The molecule has 108 valence electrons. The van der Waals surface area contributed by atoms with Crippen LogP contribution >= 0.6 is 15.9 Å². The SMILES string of the molecule is CNC(=O)C1CNCCN1C(=O)c1ccc(C)cc1Br. The number of carbonyl (C=O) groups is 2. The summed E-state index contributed by atoms with van der Waals surface area (Å²) in [4.78, 5) is 26.2. The fourth-order valence-corrected chi connectivity index (χ4v) is 2.96. The van der Waals surface area contributed by atoms with Crippen LogP contribution in [0.3, 0.4) is 0 Å². The third-order valence-electron chi connectivity index (χ3n) is 3.41. The van der Waals surface area contributed by atoms with Crippen molar-refractivity contribution in [3.63, 3.8) is 0 Å². The van der Waals surface area contributed by atoms with Crippen molar-refractivity contribution < 1.29 is 9.59 Å². The van der Waals surface area contributed by atoms with Crippen LogP contribution in [0.25, 0.3) is 0 Å². The average Bonchev–Trinajstić information content (AvgIpc) is 2.46. The van der Waals surface area contributed by atoms with E-state index in [-0.39, 0.29) is 11.8 Å². The number of amides is 2. The molecule has 1 aliphatic rings. The van der Waals surface area contributed by atoms with Crippen LogP contribution in [0.4, 0.5) is 0 Å². The summed E-state index contributed by atoms with van der Waals surface area (Å²) in [5.41, 5.74) is 1.67. The van der Waals surface area contributed by atoms with Crippen molar-refractivity contribution in [3.8, 4) is 0 Å². The maximum atomic E-state index is 12.7. The molecule has 1 aromatic carbocycles. The Morgan fingerprint density at radius 2 is 2.20 bits per heavy atom. The number of carbonyl (C=O) groups excluding carboxylic acids is 2. The third-order valence-corrected chi connectivity index (χ3v) is 4.06. The van der Waals surface area contributed by atoms with Crippen molar-refractivity contribution >= 4 is 27.7 Å². The highest BCUT2D eigenvalue weighted by molar-refractivity contribution is 9.10. The third kappa shape index (κ3) is 3.02. The number of hydrogen-bond donors (Lipinski definition) is 2. The zero-order valence-electron chi connectivity index (χ0n) is 11.6. The second kappa shape index (κ2) is 6.37. The summed E-state index contributed by atoms with van der Waals surface area (Å²) in [6.45, 7) is 3.67. The van der Waals surface area contributed by atoms with Gasteiger partial charge in [0.15, 0.2) is 0 Å². The van der Waals surface area contributed by atoms with E-state index in [1.54, 1.807) is 18.0 Å². The van der Waals surface area contributed by atoms with Gasteiger partial charge in [-0.15, -0.1) is 0 Å². The van der Waals surface area contributed by atoms with Crippen LogP contribution in [0.15, 0.2) is 22.7 Å². The van der Waals surface area contributed by atoms with Gasteiger partial charge in [0, 0.05) is 31.2 Å². The van der Waals surface area contributed by atoms with E-state index in [0.717, 1.165) is 10.0 Å². The number of rotatable bonds is 2. The minimum absolute atomic E-state index is 0.119. The standard InChI is InChI=1S/C14H18BrN3O2/c1-9-3-4-10(11(15)7-9)14(20)18-6-5-17-8-12(18)13(19)16-2/h3-4,7,12,17H,5-6,8H2,1-2H3,(H,16,19). The highest BCUT2D eigenvalue weighted by atomic mass is 79.9. The Morgan fingerprint density at radius 3 is 2.85 bits per heavy atom. The van der Waals surface area contributed by atoms with Crippen LogP contribution in [-0.2, 0) is 4.79 Å². The molecule has 1 aliphatic heterocycles. The highest BCUT2D eigenvalue weighted by Crippen LogP contribution is 2.21. The topological polar surface area (TPSA) is 61.4 Å². The Hall–Kier alpha value is -1.40. The van der Waals surface area contributed by atoms with E-state index < -0.39 is 6.04 Å². The van der Waals surface area contributed by atoms with Crippen molar-refractivity contribution in [1.82, 2.24) is 15.5 Å². The summed E-state index contributed by atoms with van der Waals surface area (Å²) in [6, 6.07) is 5.14. The molecule has 2 amide bonds. The van der Waals surface area contributed by atoms with Gasteiger partial charge >= 0.3 is 0 Å². The Labute approximate surface area is 126 Å². The van der Waals surface area contributed by atoms with Crippen LogP contribution in [-0.4, -0.2) is 49.4 Å². The maximum Gasteiger partial charge on any atom is 0.255 e. The van der Waals surface area contributed by atoms with Gasteiger partial charge in [0.25, 0.3) is 5.91 Å². The van der Waals surface area contributed by atoms with E-state index in [4.69, 9.17) is 0 Å². The molecule has 1 aromatic rings. The molecule has 1 saturated heterocycles. The van der Waals surface area contributed by atoms with Gasteiger partial charge in [-0.2, -0.15) is 0 Å². The number of nitrogens with zero attached hydrogens (tertiary/aromatic N) is 1. The lowest BCUT2D eigenvalue weighted by Gasteiger charge is -2.35. The molecule has 6 heteroatoms. The summed E-state index contributed by atoms with van der Waals surface area (Å²) >= 11 is 3.42. The summed E-state index contributed by atoms with van der Waals surface area (Å²) in [6.07, 6.45) is 0. The quantitative estimate of drug-likeness (QED) is 0.842. The van der Waals surface area contributed by atoms with Gasteiger partial charge < -0.3 is 15.5 Å². The van der Waals surface area contributed by atoms with Gasteiger partial charge in [0.1, 0.15) is 6.04 Å². The number of benzene rings is 1. The van der Waals surface area contributed by atoms with E-state index in [1.165, 1.54) is 0 Å². The number of nitrogens with one attached hydrogen (secondary N) is 2. The van der Waals surface area contributed by atoms with Gasteiger partial charge in [0.05, 0.1) is 5.56 Å². The zero-order valence-corrected chi connectivity index (χ0v) is 13.2. The highest BCUT2D eigenvalue weighted by Gasteiger charge is 2.32. The summed E-state index contributed by atoms with van der Waals surface area (Å²) in [5.74, 6) is -0.263. The van der Waals surface area contributed by atoms with E-state index in [9.17, 15) is 9.59 Å². The average molecular weight is 340 g/mol. The molecule has 0 spiro atoms. The van der Waals surface area contributed by atoms with E-state index in [0.29, 0.717) is 25.2 Å². The van der Waals surface area contributed by atoms with E-state index in [1.807, 2.05) is 19.1 Å². The zero-order chi connectivity index (χ0) is 14.7. The van der Waals surface area contributed by atoms with Crippen molar-refractivity contribution in [2.24, 2.45) is 0 Å². The molecule has 1 unspecified atom stereocenters. The van der Waals surface area contributed by atoms with Gasteiger partial charge in [-0.3, -0.25) is 9.59 Å². The lowest BCUT2D eigenvalue weighted by Crippen LogP contribution is -2.59. The molecule has 5 nitrogen and oxygen atoms in total. The van der Waals surface area contributed by atoms with E-state index >= 15 is 0 Å². The molecule has 1 fully saturated rings. The molecule has 20 heavy (non-hydrogen) atoms. The molecule has 0 saturated carbocycles. The molecule has 2 N–H and O–H groups in total. The first kappa shape index (κ1) is 15.0. The number of piperazine rings is 1. The van der Waals surface area contributed by atoms with Crippen molar-refractivity contribution in [2.75, 3.05) is 26.7 Å². The van der Waals surface area contributed by atoms with E-state index in [2.05, 4.69) is 26.6 Å². The first-order valence-electron chi connectivity index (χ1n) is 6.54. The van der Waals surface area contributed by atoms with Gasteiger partial charge in [-0.05, 0) is 40.5 Å². The first-order valence-corrected chi connectivity index (χ1v) is 7.33. The molecule has 1 atom stereocenters. The molecule has 0 bridgehead atoms. The number of halogens is 1. The molecule has 2 rings (SSSR count). The summed E-state index contributed by atoms with van der Waals surface area (Å²) in [5, 5.41) is 5.75. The molecule has 0 aliphatic carbocycles. The number of hydrogen-bond acceptors (Lipinski definition) is 3. The van der Waals surface area contributed by atoms with Crippen LogP contribution in [0, 0.1) is 6.92 Å². The van der Waals surface area contributed by atoms with Gasteiger partial charge in [-0.1, -0.05) is 6.07 Å². The maximum absolute atomic E-state index is 12.7. The van der Waals surface area contributed by atoms with Crippen LogP contribution in [0.5, 0.6) is 0 Å². The molecular weight excluding hydrogens is 322 g/mol. The molecule has 1 heterocycles. The fraction of sp³-hybridized carbons (Fsp3) is 0.429. The second-order valence-electron chi connectivity index (χ2n) is 4.82. The fourth-order valence-electron chi connectivity index (χ4n) is 2.30. The van der Waals surface area contributed by atoms with Gasteiger partial charge in [-0.25, -0.2) is 0 Å². The Morgan fingerprint density at radius 1 is 1.45 bits per heavy atom. The number of likely N-dealkylation sites (N-methyl/N-ethyl adjacent to an activating group) is 1. The van der Waals surface area contributed by atoms with Crippen molar-refractivity contribution in [1.29, 1.82) is 0 Å². The lowest BCUT2D eigenvalue weighted by molar-refractivity contribution is -0.125. The predicted molar refractivity (Wildman–Crippen MR) is 80.6 cm³/mol. The monoisotopic (exact) mass is 339 g/mol. The Balaban J connectivity index is 2.27. The normalized spacial score (nSPS) is 18.8.